The second-order valence-corrected chi connectivity index (χ2v) is 4.32. The highest BCUT2D eigenvalue weighted by atomic mass is 32.1. The van der Waals surface area contributed by atoms with Gasteiger partial charge in [0.25, 0.3) is 5.91 Å². The molecule has 98 valence electrons. The smallest absolute Gasteiger partial charge is 0.306 e. The van der Waals surface area contributed by atoms with Crippen molar-refractivity contribution < 1.29 is 19.1 Å². The Balaban J connectivity index is 2.13. The quantitative estimate of drug-likeness (QED) is 0.672. The molecule has 1 aromatic rings. The third-order valence-corrected chi connectivity index (χ3v) is 2.75. The average Bonchev–Trinajstić information content (AvgIpc) is 2.84. The predicted octanol–water partition coefficient (Wildman–Crippen LogP) is -0.175. The van der Waals surface area contributed by atoms with Crippen molar-refractivity contribution in [3.63, 3.8) is 0 Å². The van der Waals surface area contributed by atoms with Crippen LogP contribution in [0.2, 0.25) is 0 Å². The molecule has 18 heavy (non-hydrogen) atoms. The lowest BCUT2D eigenvalue weighted by Crippen LogP contribution is -2.35. The summed E-state index contributed by atoms with van der Waals surface area (Å²) in [4.78, 5) is 32.8. The number of ether oxygens (including phenoxy) is 1. The number of hydrogen-bond donors (Lipinski definition) is 2. The second kappa shape index (κ2) is 7.44. The molecule has 0 bridgehead atoms. The zero-order valence-electron chi connectivity index (χ0n) is 9.68. The molecule has 0 radical (unpaired) electrons. The maximum absolute atomic E-state index is 11.3. The molecule has 0 aliphatic rings. The van der Waals surface area contributed by atoms with Crippen LogP contribution in [0.5, 0.6) is 0 Å². The van der Waals surface area contributed by atoms with Crippen molar-refractivity contribution in [2.24, 2.45) is 5.73 Å². The lowest BCUT2D eigenvalue weighted by molar-refractivity contribution is -0.148. The minimum atomic E-state index is -0.646. The summed E-state index contributed by atoms with van der Waals surface area (Å²) in [5.41, 5.74) is 5.90. The normalized spacial score (nSPS) is 9.78. The fourth-order valence-corrected chi connectivity index (χ4v) is 1.84. The van der Waals surface area contributed by atoms with E-state index in [9.17, 15) is 14.4 Å². The van der Waals surface area contributed by atoms with Crippen molar-refractivity contribution >= 4 is 29.1 Å². The molecule has 1 rings (SSSR count). The number of carbonyl (C=O) groups excluding carboxylic acids is 3. The van der Waals surface area contributed by atoms with E-state index >= 15 is 0 Å². The molecular formula is C11H14N2O4S. The lowest BCUT2D eigenvalue weighted by Gasteiger charge is -2.04. The van der Waals surface area contributed by atoms with E-state index in [2.05, 4.69) is 5.32 Å². The molecule has 0 unspecified atom stereocenters. The highest BCUT2D eigenvalue weighted by Crippen LogP contribution is 2.08. The molecule has 0 aliphatic carbocycles. The summed E-state index contributed by atoms with van der Waals surface area (Å²) in [5, 5.41) is 6.10. The average molecular weight is 270 g/mol. The van der Waals surface area contributed by atoms with Gasteiger partial charge < -0.3 is 15.8 Å². The number of amides is 2. The molecule has 0 spiro atoms. The molecule has 0 saturated heterocycles. The third-order valence-electron chi connectivity index (χ3n) is 2.02. The van der Waals surface area contributed by atoms with Crippen molar-refractivity contribution in [1.29, 1.82) is 0 Å². The van der Waals surface area contributed by atoms with Crippen LogP contribution in [0.3, 0.4) is 0 Å². The Morgan fingerprint density at radius 2 is 2.17 bits per heavy atom. The van der Waals surface area contributed by atoms with Crippen LogP contribution in [-0.4, -0.2) is 30.9 Å². The summed E-state index contributed by atoms with van der Waals surface area (Å²) in [7, 11) is 0. The van der Waals surface area contributed by atoms with E-state index in [-0.39, 0.29) is 13.0 Å². The highest BCUT2D eigenvalue weighted by molar-refractivity contribution is 7.07. The van der Waals surface area contributed by atoms with Crippen LogP contribution in [0.15, 0.2) is 16.8 Å². The Morgan fingerprint density at radius 3 is 2.78 bits per heavy atom. The van der Waals surface area contributed by atoms with Crippen molar-refractivity contribution in [2.45, 2.75) is 12.8 Å². The summed E-state index contributed by atoms with van der Waals surface area (Å²) in [5.74, 6) is -1.64. The Morgan fingerprint density at radius 1 is 1.39 bits per heavy atom. The topological polar surface area (TPSA) is 98.5 Å². The van der Waals surface area contributed by atoms with Crippen LogP contribution < -0.4 is 11.1 Å². The Labute approximate surface area is 108 Å². The molecule has 0 aromatic carbocycles. The number of rotatable bonds is 7. The molecule has 0 atom stereocenters. The van der Waals surface area contributed by atoms with Crippen molar-refractivity contribution in [1.82, 2.24) is 5.32 Å². The molecule has 7 heteroatoms. The minimum absolute atomic E-state index is 0.222. The molecule has 1 heterocycles. The largest absolute Gasteiger partial charge is 0.456 e. The summed E-state index contributed by atoms with van der Waals surface area (Å²) in [6.07, 6.45) is 0.811. The molecule has 0 fully saturated rings. The molecule has 3 N–H and O–H groups in total. The van der Waals surface area contributed by atoms with E-state index < -0.39 is 24.4 Å². The van der Waals surface area contributed by atoms with Gasteiger partial charge in [0.15, 0.2) is 6.61 Å². The maximum Gasteiger partial charge on any atom is 0.306 e. The van der Waals surface area contributed by atoms with Crippen LogP contribution in [0.1, 0.15) is 12.0 Å². The van der Waals surface area contributed by atoms with Crippen molar-refractivity contribution in [3.8, 4) is 0 Å². The summed E-state index contributed by atoms with van der Waals surface area (Å²) < 4.78 is 4.73. The van der Waals surface area contributed by atoms with Gasteiger partial charge in [-0.15, -0.1) is 0 Å². The summed E-state index contributed by atoms with van der Waals surface area (Å²) in [6, 6.07) is 1.93. The first-order valence-electron chi connectivity index (χ1n) is 5.29. The number of esters is 1. The lowest BCUT2D eigenvalue weighted by atomic mass is 10.2. The summed E-state index contributed by atoms with van der Waals surface area (Å²) >= 11 is 1.56. The zero-order chi connectivity index (χ0) is 13.4. The Hall–Kier alpha value is -1.89. The van der Waals surface area contributed by atoms with Crippen LogP contribution in [0, 0.1) is 0 Å². The SMILES string of the molecule is NC(=O)CNC(=O)COC(=O)CCc1ccsc1. The van der Waals surface area contributed by atoms with E-state index in [1.807, 2.05) is 16.8 Å². The number of carbonyl (C=O) groups is 3. The van der Waals surface area contributed by atoms with Crippen molar-refractivity contribution in [2.75, 3.05) is 13.2 Å². The molecule has 0 saturated carbocycles. The van der Waals surface area contributed by atoms with E-state index in [0.717, 1.165) is 5.56 Å². The number of thiophene rings is 1. The monoisotopic (exact) mass is 270 g/mol. The molecule has 2 amide bonds. The number of hydrogen-bond acceptors (Lipinski definition) is 5. The van der Waals surface area contributed by atoms with Crippen LogP contribution in [0.4, 0.5) is 0 Å². The van der Waals surface area contributed by atoms with E-state index in [0.29, 0.717) is 6.42 Å². The van der Waals surface area contributed by atoms with Gasteiger partial charge in [0.05, 0.1) is 6.54 Å². The summed E-state index contributed by atoms with van der Waals surface area (Å²) in [6.45, 7) is -0.652. The Kier molecular flexibility index (Phi) is 5.86. The first kappa shape index (κ1) is 14.2. The van der Waals surface area contributed by atoms with Gasteiger partial charge in [0.1, 0.15) is 0 Å². The first-order valence-corrected chi connectivity index (χ1v) is 6.24. The number of nitrogens with one attached hydrogen (secondary N) is 1. The second-order valence-electron chi connectivity index (χ2n) is 3.54. The number of nitrogens with two attached hydrogens (primary N) is 1. The third kappa shape index (κ3) is 6.00. The van der Waals surface area contributed by atoms with Crippen LogP contribution >= 0.6 is 11.3 Å². The standard InChI is InChI=1S/C11H14N2O4S/c12-9(14)5-13-10(15)6-17-11(16)2-1-8-3-4-18-7-8/h3-4,7H,1-2,5-6H2,(H2,12,14)(H,13,15). The van der Waals surface area contributed by atoms with Gasteiger partial charge in [0, 0.05) is 6.42 Å². The van der Waals surface area contributed by atoms with Gasteiger partial charge in [-0.2, -0.15) is 11.3 Å². The highest BCUT2D eigenvalue weighted by Gasteiger charge is 2.08. The van der Waals surface area contributed by atoms with Gasteiger partial charge >= 0.3 is 5.97 Å². The zero-order valence-corrected chi connectivity index (χ0v) is 10.5. The van der Waals surface area contributed by atoms with Gasteiger partial charge in [0.2, 0.25) is 5.91 Å². The fraction of sp³-hybridized carbons (Fsp3) is 0.364. The first-order chi connectivity index (χ1) is 8.58. The van der Waals surface area contributed by atoms with Gasteiger partial charge in [-0.3, -0.25) is 14.4 Å². The van der Waals surface area contributed by atoms with Gasteiger partial charge in [-0.1, -0.05) is 0 Å². The van der Waals surface area contributed by atoms with Crippen LogP contribution in [-0.2, 0) is 25.5 Å². The minimum Gasteiger partial charge on any atom is -0.456 e. The molecule has 6 nitrogen and oxygen atoms in total. The number of primary amides is 1. The molecule has 1 aromatic heterocycles. The molecular weight excluding hydrogens is 256 g/mol. The number of aryl methyl sites for hydroxylation is 1. The molecule has 0 aliphatic heterocycles. The fourth-order valence-electron chi connectivity index (χ4n) is 1.14. The predicted molar refractivity (Wildman–Crippen MR) is 65.8 cm³/mol. The van der Waals surface area contributed by atoms with Gasteiger partial charge in [-0.05, 0) is 28.8 Å². The van der Waals surface area contributed by atoms with E-state index in [1.54, 1.807) is 11.3 Å². The van der Waals surface area contributed by atoms with Crippen LogP contribution in [0.25, 0.3) is 0 Å². The Bertz CT molecular complexity index is 417. The maximum atomic E-state index is 11.3. The van der Waals surface area contributed by atoms with Gasteiger partial charge in [-0.25, -0.2) is 0 Å². The van der Waals surface area contributed by atoms with Crippen molar-refractivity contribution in [3.05, 3.63) is 22.4 Å². The van der Waals surface area contributed by atoms with E-state index in [4.69, 9.17) is 10.5 Å². The van der Waals surface area contributed by atoms with E-state index in [1.165, 1.54) is 0 Å².